The first-order valence-electron chi connectivity index (χ1n) is 11.3. The largest absolute Gasteiger partial charge is 0.508 e. The molecule has 8 nitrogen and oxygen atoms in total. The van der Waals surface area contributed by atoms with Gasteiger partial charge in [0.15, 0.2) is 5.65 Å². The molecule has 0 atom stereocenters. The number of hydrogen-bond acceptors (Lipinski definition) is 6. The van der Waals surface area contributed by atoms with Crippen molar-refractivity contribution in [1.29, 1.82) is 0 Å². The van der Waals surface area contributed by atoms with Crippen LogP contribution in [0, 0.1) is 0 Å². The average molecular weight is 445 g/mol. The molecule has 0 saturated heterocycles. The van der Waals surface area contributed by atoms with Gasteiger partial charge < -0.3 is 16.2 Å². The smallest absolute Gasteiger partial charge is 0.257 e. The zero-order valence-corrected chi connectivity index (χ0v) is 18.7. The first-order valence-corrected chi connectivity index (χ1v) is 11.3. The van der Waals surface area contributed by atoms with Crippen LogP contribution in [0.4, 0.5) is 5.82 Å². The Kier molecular flexibility index (Phi) is 6.83. The molecule has 0 unspecified atom stereocenters. The number of hydrogen-bond donors (Lipinski definition) is 3. The molecule has 4 rings (SSSR count). The number of phenols is 1. The molecular weight excluding hydrogens is 416 g/mol. The fourth-order valence-corrected chi connectivity index (χ4v) is 3.74. The van der Waals surface area contributed by atoms with Crippen molar-refractivity contribution >= 4 is 40.1 Å². The monoisotopic (exact) mass is 444 g/mol. The maximum Gasteiger partial charge on any atom is 0.257 e. The number of fused-ring (bicyclic) bond motifs is 2. The van der Waals surface area contributed by atoms with E-state index >= 15 is 0 Å². The third-order valence-corrected chi connectivity index (χ3v) is 5.46. The number of phenolic OH excluding ortho intramolecular Hbond substituents is 1. The van der Waals surface area contributed by atoms with Crippen LogP contribution >= 0.6 is 0 Å². The number of aromatic nitrogens is 3. The highest BCUT2D eigenvalue weighted by Crippen LogP contribution is 2.28. The predicted molar refractivity (Wildman–Crippen MR) is 132 cm³/mol. The second kappa shape index (κ2) is 10.1. The number of nitrogens with zero attached hydrogens (tertiary/aromatic N) is 4. The molecule has 4 N–H and O–H groups in total. The molecule has 4 aromatic rings. The molecule has 2 aromatic carbocycles. The average Bonchev–Trinajstić information content (AvgIpc) is 3.08. The summed E-state index contributed by atoms with van der Waals surface area (Å²) in [5.74, 6) is 0.0122. The number of carbonyl (C=O) groups excluding carboxylic acids is 1. The lowest BCUT2D eigenvalue weighted by Crippen LogP contribution is -2.25. The van der Waals surface area contributed by atoms with E-state index in [4.69, 9.17) is 5.73 Å². The van der Waals surface area contributed by atoms with Gasteiger partial charge in [0.25, 0.3) is 5.91 Å². The maximum absolute atomic E-state index is 13.1. The third kappa shape index (κ3) is 4.95. The highest BCUT2D eigenvalue weighted by molar-refractivity contribution is 6.10. The van der Waals surface area contributed by atoms with Gasteiger partial charge in [-0.15, -0.1) is 0 Å². The number of benzene rings is 2. The Labute approximate surface area is 192 Å². The maximum atomic E-state index is 13.1. The molecule has 0 fully saturated rings. The molecule has 0 aliphatic heterocycles. The quantitative estimate of drug-likeness (QED) is 0.260. The molecule has 0 aliphatic carbocycles. The van der Waals surface area contributed by atoms with Crippen molar-refractivity contribution in [3.8, 4) is 5.75 Å². The molecule has 33 heavy (non-hydrogen) atoms. The molecule has 0 saturated carbocycles. The lowest BCUT2D eigenvalue weighted by molar-refractivity contribution is 0.0955. The second-order valence-electron chi connectivity index (χ2n) is 7.97. The van der Waals surface area contributed by atoms with E-state index in [1.807, 2.05) is 24.3 Å². The van der Waals surface area contributed by atoms with Gasteiger partial charge in [0.2, 0.25) is 0 Å². The van der Waals surface area contributed by atoms with E-state index in [0.29, 0.717) is 34.3 Å². The summed E-state index contributed by atoms with van der Waals surface area (Å²) in [6.07, 6.45) is 7.09. The van der Waals surface area contributed by atoms with Crippen molar-refractivity contribution < 1.29 is 9.90 Å². The Hall–Kier alpha value is -3.94. The summed E-state index contributed by atoms with van der Waals surface area (Å²) in [7, 11) is 0. The van der Waals surface area contributed by atoms with Gasteiger partial charge in [0, 0.05) is 6.54 Å². The van der Waals surface area contributed by atoms with Crippen molar-refractivity contribution in [2.45, 2.75) is 39.0 Å². The van der Waals surface area contributed by atoms with E-state index in [0.717, 1.165) is 19.3 Å². The highest BCUT2D eigenvalue weighted by Gasteiger charge is 2.23. The van der Waals surface area contributed by atoms with Gasteiger partial charge in [-0.2, -0.15) is 9.78 Å². The van der Waals surface area contributed by atoms with E-state index in [9.17, 15) is 9.90 Å². The summed E-state index contributed by atoms with van der Waals surface area (Å²) in [6.45, 7) is 2.75. The van der Waals surface area contributed by atoms with Gasteiger partial charge in [-0.1, -0.05) is 56.9 Å². The van der Waals surface area contributed by atoms with Crippen LogP contribution in [0.3, 0.4) is 0 Å². The zero-order chi connectivity index (χ0) is 23.2. The second-order valence-corrected chi connectivity index (χ2v) is 7.97. The van der Waals surface area contributed by atoms with Gasteiger partial charge in [0.05, 0.1) is 17.2 Å². The van der Waals surface area contributed by atoms with E-state index in [2.05, 4.69) is 27.3 Å². The van der Waals surface area contributed by atoms with Crippen LogP contribution in [0.5, 0.6) is 5.75 Å². The van der Waals surface area contributed by atoms with Crippen molar-refractivity contribution in [2.75, 3.05) is 12.3 Å². The van der Waals surface area contributed by atoms with Crippen molar-refractivity contribution in [1.82, 2.24) is 20.0 Å². The number of rotatable bonds is 9. The summed E-state index contributed by atoms with van der Waals surface area (Å²) in [5.41, 5.74) is 9.51. The number of unbranched alkanes of at least 4 members (excludes halogenated alkanes) is 4. The van der Waals surface area contributed by atoms with Crippen molar-refractivity contribution in [3.05, 3.63) is 59.7 Å². The van der Waals surface area contributed by atoms with Crippen LogP contribution in [0.2, 0.25) is 0 Å². The molecule has 1 amide bonds. The summed E-state index contributed by atoms with van der Waals surface area (Å²) in [4.78, 5) is 22.4. The number of carbonyl (C=O) groups is 1. The minimum absolute atomic E-state index is 0.133. The molecule has 0 spiro atoms. The van der Waals surface area contributed by atoms with Crippen LogP contribution < -0.4 is 11.1 Å². The molecule has 0 bridgehead atoms. The van der Waals surface area contributed by atoms with E-state index < -0.39 is 0 Å². The van der Waals surface area contributed by atoms with Crippen molar-refractivity contribution in [3.63, 3.8) is 0 Å². The Morgan fingerprint density at radius 2 is 1.85 bits per heavy atom. The first kappa shape index (κ1) is 22.3. The van der Waals surface area contributed by atoms with E-state index in [-0.39, 0.29) is 23.0 Å². The topological polar surface area (TPSA) is 118 Å². The third-order valence-electron chi connectivity index (χ3n) is 5.46. The summed E-state index contributed by atoms with van der Waals surface area (Å²) in [5, 5.41) is 17.1. The number of nitrogen functional groups attached to an aromatic ring is 1. The number of nitrogens with two attached hydrogens (primary N) is 1. The van der Waals surface area contributed by atoms with E-state index in [1.54, 1.807) is 30.5 Å². The van der Waals surface area contributed by atoms with Gasteiger partial charge in [-0.3, -0.25) is 4.79 Å². The fraction of sp³-hybridized carbons (Fsp3) is 0.280. The molecule has 0 aliphatic rings. The Morgan fingerprint density at radius 1 is 1.09 bits per heavy atom. The minimum Gasteiger partial charge on any atom is -0.508 e. The van der Waals surface area contributed by atoms with Crippen LogP contribution in [-0.2, 0) is 0 Å². The molecule has 2 heterocycles. The summed E-state index contributed by atoms with van der Waals surface area (Å²) < 4.78 is 1.43. The molecule has 2 aromatic heterocycles. The first-order chi connectivity index (χ1) is 16.1. The van der Waals surface area contributed by atoms with Gasteiger partial charge in [0.1, 0.15) is 22.6 Å². The number of amides is 1. The Morgan fingerprint density at radius 3 is 2.61 bits per heavy atom. The van der Waals surface area contributed by atoms with E-state index in [1.165, 1.54) is 17.5 Å². The highest BCUT2D eigenvalue weighted by atomic mass is 16.3. The van der Waals surface area contributed by atoms with Crippen molar-refractivity contribution in [2.24, 2.45) is 5.10 Å². The standard InChI is InChI=1S/C25H28N6O2/c1-2-3-4-5-8-14-27-25(33)21-22-24(30-20-13-7-6-12-19(20)29-22)31(23(21)26)28-16-17-10-9-11-18(32)15-17/h6-7,9-13,15-16,32H,2-5,8,14,26H2,1H3,(H,27,33)/b28-16+. The molecule has 8 heteroatoms. The SMILES string of the molecule is CCCCCCCNC(=O)c1c(N)n(/N=C/c2cccc(O)c2)c2nc3ccccc3nc12. The predicted octanol–water partition coefficient (Wildman–Crippen LogP) is 4.45. The number of anilines is 1. The molecule has 170 valence electrons. The number of aromatic hydroxyl groups is 1. The lowest BCUT2D eigenvalue weighted by atomic mass is 10.1. The van der Waals surface area contributed by atoms with Crippen LogP contribution in [-0.4, -0.2) is 38.4 Å². The fourth-order valence-electron chi connectivity index (χ4n) is 3.74. The number of para-hydroxylation sites is 2. The molecule has 0 radical (unpaired) electrons. The normalized spacial score (nSPS) is 11.5. The summed E-state index contributed by atoms with van der Waals surface area (Å²) >= 11 is 0. The van der Waals surface area contributed by atoms with Gasteiger partial charge in [-0.25, -0.2) is 9.97 Å². The Balaban J connectivity index is 1.70. The van der Waals surface area contributed by atoms with Crippen LogP contribution in [0.15, 0.2) is 53.6 Å². The van der Waals surface area contributed by atoms with Gasteiger partial charge in [-0.05, 0) is 36.2 Å². The zero-order valence-electron chi connectivity index (χ0n) is 18.7. The Bertz CT molecular complexity index is 1310. The lowest BCUT2D eigenvalue weighted by Gasteiger charge is -2.05. The van der Waals surface area contributed by atoms with Crippen LogP contribution in [0.1, 0.15) is 54.9 Å². The molecular formula is C25H28N6O2. The van der Waals surface area contributed by atoms with Crippen LogP contribution in [0.25, 0.3) is 22.2 Å². The summed E-state index contributed by atoms with van der Waals surface area (Å²) in [6, 6.07) is 14.1. The minimum atomic E-state index is -0.288. The number of nitrogens with one attached hydrogen (secondary N) is 1. The van der Waals surface area contributed by atoms with Gasteiger partial charge >= 0.3 is 0 Å².